The Morgan fingerprint density at radius 3 is 2.80 bits per heavy atom. The van der Waals surface area contributed by atoms with Crippen LogP contribution in [0.4, 0.5) is 0 Å². The Bertz CT molecular complexity index is 315. The highest BCUT2D eigenvalue weighted by molar-refractivity contribution is 9.10. The van der Waals surface area contributed by atoms with Gasteiger partial charge in [-0.25, -0.2) is 0 Å². The standard InChI is InChI=1S/C10H17BrN2OS/c1-3-8-10(11)9(13(2)12-8)7-15-6-4-5-14/h14H,3-7H2,1-2H3. The number of aliphatic hydroxyl groups is 1. The molecule has 5 heteroatoms. The maximum atomic E-state index is 8.67. The number of rotatable bonds is 6. The number of thioether (sulfide) groups is 1. The van der Waals surface area contributed by atoms with Gasteiger partial charge in [-0.1, -0.05) is 6.92 Å². The van der Waals surface area contributed by atoms with Crippen molar-refractivity contribution >= 4 is 27.7 Å². The summed E-state index contributed by atoms with van der Waals surface area (Å²) < 4.78 is 3.08. The third kappa shape index (κ3) is 3.50. The molecule has 0 atom stereocenters. The van der Waals surface area contributed by atoms with Crippen LogP contribution in [0, 0.1) is 0 Å². The van der Waals surface area contributed by atoms with E-state index in [9.17, 15) is 0 Å². The predicted molar refractivity (Wildman–Crippen MR) is 68.2 cm³/mol. The van der Waals surface area contributed by atoms with Crippen molar-refractivity contribution in [1.82, 2.24) is 9.78 Å². The molecule has 1 heterocycles. The monoisotopic (exact) mass is 292 g/mol. The smallest absolute Gasteiger partial charge is 0.0767 e. The van der Waals surface area contributed by atoms with Gasteiger partial charge in [-0.3, -0.25) is 4.68 Å². The Labute approximate surface area is 103 Å². The third-order valence-corrected chi connectivity index (χ3v) is 4.16. The van der Waals surface area contributed by atoms with Crippen LogP contribution in [0.1, 0.15) is 24.7 Å². The van der Waals surface area contributed by atoms with E-state index in [1.165, 1.54) is 5.69 Å². The molecule has 0 bridgehead atoms. The first kappa shape index (κ1) is 13.1. The van der Waals surface area contributed by atoms with Crippen molar-refractivity contribution in [2.75, 3.05) is 12.4 Å². The summed E-state index contributed by atoms with van der Waals surface area (Å²) >= 11 is 5.42. The lowest BCUT2D eigenvalue weighted by atomic mass is 10.3. The van der Waals surface area contributed by atoms with Crippen LogP contribution >= 0.6 is 27.7 Å². The van der Waals surface area contributed by atoms with Gasteiger partial charge in [0.05, 0.1) is 15.9 Å². The molecule has 0 aliphatic rings. The first-order chi connectivity index (χ1) is 7.20. The van der Waals surface area contributed by atoms with Crippen molar-refractivity contribution in [3.8, 4) is 0 Å². The minimum absolute atomic E-state index is 0.278. The molecule has 0 fully saturated rings. The van der Waals surface area contributed by atoms with Crippen molar-refractivity contribution < 1.29 is 5.11 Å². The maximum Gasteiger partial charge on any atom is 0.0767 e. The number of aromatic nitrogens is 2. The van der Waals surface area contributed by atoms with Crippen molar-refractivity contribution in [2.24, 2.45) is 7.05 Å². The van der Waals surface area contributed by atoms with E-state index in [1.54, 1.807) is 0 Å². The fraction of sp³-hybridized carbons (Fsp3) is 0.700. The van der Waals surface area contributed by atoms with Gasteiger partial charge in [-0.05, 0) is 34.5 Å². The summed E-state index contributed by atoms with van der Waals surface area (Å²) in [5.41, 5.74) is 2.35. The second kappa shape index (κ2) is 6.55. The zero-order valence-electron chi connectivity index (χ0n) is 9.16. The second-order valence-electron chi connectivity index (χ2n) is 3.31. The largest absolute Gasteiger partial charge is 0.396 e. The third-order valence-electron chi connectivity index (χ3n) is 2.19. The van der Waals surface area contributed by atoms with E-state index in [0.29, 0.717) is 0 Å². The molecule has 15 heavy (non-hydrogen) atoms. The minimum atomic E-state index is 0.278. The summed E-state index contributed by atoms with van der Waals surface area (Å²) in [6.45, 7) is 2.38. The molecule has 0 saturated carbocycles. The Morgan fingerprint density at radius 1 is 1.53 bits per heavy atom. The molecule has 0 amide bonds. The van der Waals surface area contributed by atoms with E-state index < -0.39 is 0 Å². The van der Waals surface area contributed by atoms with Crippen molar-refractivity contribution in [3.63, 3.8) is 0 Å². The summed E-state index contributed by atoms with van der Waals surface area (Å²) in [4.78, 5) is 0. The highest BCUT2D eigenvalue weighted by Gasteiger charge is 2.11. The Hall–Kier alpha value is -0.0000000000000000555. The lowest BCUT2D eigenvalue weighted by Crippen LogP contribution is -1.97. The first-order valence-corrected chi connectivity index (χ1v) is 7.04. The summed E-state index contributed by atoms with van der Waals surface area (Å²) in [5, 5.41) is 13.1. The van der Waals surface area contributed by atoms with Gasteiger partial charge >= 0.3 is 0 Å². The van der Waals surface area contributed by atoms with Crippen molar-refractivity contribution in [1.29, 1.82) is 0 Å². The summed E-state index contributed by atoms with van der Waals surface area (Å²) in [6.07, 6.45) is 1.82. The van der Waals surface area contributed by atoms with Crippen molar-refractivity contribution in [2.45, 2.75) is 25.5 Å². The fourth-order valence-electron chi connectivity index (χ4n) is 1.31. The topological polar surface area (TPSA) is 38.0 Å². The van der Waals surface area contributed by atoms with Gasteiger partial charge in [0.15, 0.2) is 0 Å². The van der Waals surface area contributed by atoms with Gasteiger partial charge in [0.25, 0.3) is 0 Å². The molecule has 1 aromatic heterocycles. The molecule has 1 rings (SSSR count). The molecule has 0 saturated heterocycles. The van der Waals surface area contributed by atoms with E-state index >= 15 is 0 Å². The number of aliphatic hydroxyl groups excluding tert-OH is 1. The van der Waals surface area contributed by atoms with Crippen LogP contribution in [0.5, 0.6) is 0 Å². The molecule has 0 radical (unpaired) electrons. The summed E-state index contributed by atoms with van der Waals surface area (Å²) in [5.74, 6) is 1.94. The van der Waals surface area contributed by atoms with Gasteiger partial charge < -0.3 is 5.11 Å². The normalized spacial score (nSPS) is 10.9. The molecule has 0 aromatic carbocycles. The SMILES string of the molecule is CCc1nn(C)c(CSCCCO)c1Br. The first-order valence-electron chi connectivity index (χ1n) is 5.09. The summed E-state index contributed by atoms with van der Waals surface area (Å²) in [7, 11) is 1.98. The van der Waals surface area contributed by atoms with Crippen LogP contribution in [0.2, 0.25) is 0 Å². The van der Waals surface area contributed by atoms with E-state index in [4.69, 9.17) is 5.11 Å². The van der Waals surface area contributed by atoms with Gasteiger partial charge in [0.1, 0.15) is 0 Å². The quantitative estimate of drug-likeness (QED) is 0.818. The van der Waals surface area contributed by atoms with Crippen LogP contribution in [0.3, 0.4) is 0 Å². The van der Waals surface area contributed by atoms with Crippen LogP contribution in [0.25, 0.3) is 0 Å². The van der Waals surface area contributed by atoms with E-state index in [1.807, 2.05) is 23.5 Å². The van der Waals surface area contributed by atoms with Crippen LogP contribution < -0.4 is 0 Å². The predicted octanol–water partition coefficient (Wildman–Crippen LogP) is 2.36. The molecule has 0 unspecified atom stereocenters. The zero-order chi connectivity index (χ0) is 11.3. The van der Waals surface area contributed by atoms with Gasteiger partial charge in [-0.15, -0.1) is 0 Å². The Balaban J connectivity index is 2.56. The molecular formula is C10H17BrN2OS. The lowest BCUT2D eigenvalue weighted by Gasteiger charge is -2.02. The summed E-state index contributed by atoms with van der Waals surface area (Å²) in [6, 6.07) is 0. The van der Waals surface area contributed by atoms with Crippen LogP contribution in [-0.2, 0) is 19.2 Å². The zero-order valence-corrected chi connectivity index (χ0v) is 11.6. The molecule has 0 aliphatic heterocycles. The number of aryl methyl sites for hydroxylation is 2. The molecule has 1 N–H and O–H groups in total. The highest BCUT2D eigenvalue weighted by Crippen LogP contribution is 2.25. The van der Waals surface area contributed by atoms with E-state index in [2.05, 4.69) is 28.0 Å². The highest BCUT2D eigenvalue weighted by atomic mass is 79.9. The fourth-order valence-corrected chi connectivity index (χ4v) is 3.26. The van der Waals surface area contributed by atoms with Gasteiger partial charge in [0.2, 0.25) is 0 Å². The van der Waals surface area contributed by atoms with Gasteiger partial charge in [-0.2, -0.15) is 16.9 Å². The van der Waals surface area contributed by atoms with Crippen LogP contribution in [-0.4, -0.2) is 27.2 Å². The van der Waals surface area contributed by atoms with Crippen LogP contribution in [0.15, 0.2) is 4.47 Å². The van der Waals surface area contributed by atoms with Crippen molar-refractivity contribution in [3.05, 3.63) is 15.9 Å². The van der Waals surface area contributed by atoms with E-state index in [0.717, 1.165) is 34.5 Å². The number of hydrogen-bond acceptors (Lipinski definition) is 3. The molecule has 3 nitrogen and oxygen atoms in total. The average Bonchev–Trinajstić information content (AvgIpc) is 2.50. The molecule has 0 spiro atoms. The second-order valence-corrected chi connectivity index (χ2v) is 5.21. The molecule has 1 aromatic rings. The molecule has 86 valence electrons. The molecule has 0 aliphatic carbocycles. The Morgan fingerprint density at radius 2 is 2.27 bits per heavy atom. The molecular weight excluding hydrogens is 276 g/mol. The van der Waals surface area contributed by atoms with Gasteiger partial charge in [0, 0.05) is 19.4 Å². The minimum Gasteiger partial charge on any atom is -0.396 e. The Kier molecular flexibility index (Phi) is 5.71. The average molecular weight is 293 g/mol. The maximum absolute atomic E-state index is 8.67. The number of halogens is 1. The number of nitrogens with zero attached hydrogens (tertiary/aromatic N) is 2. The number of hydrogen-bond donors (Lipinski definition) is 1. The lowest BCUT2D eigenvalue weighted by molar-refractivity contribution is 0.296. The van der Waals surface area contributed by atoms with E-state index in [-0.39, 0.29) is 6.61 Å².